The van der Waals surface area contributed by atoms with E-state index in [1.807, 2.05) is 6.07 Å². The number of nitriles is 1. The molecule has 234 valence electrons. The fourth-order valence-electron chi connectivity index (χ4n) is 5.52. The Morgan fingerprint density at radius 2 is 1.82 bits per heavy atom. The van der Waals surface area contributed by atoms with E-state index in [1.165, 1.54) is 36.5 Å². The van der Waals surface area contributed by atoms with Crippen LogP contribution in [0.4, 0.5) is 29.1 Å². The second kappa shape index (κ2) is 12.8. The second-order valence-corrected chi connectivity index (χ2v) is 11.2. The van der Waals surface area contributed by atoms with E-state index in [1.54, 1.807) is 6.07 Å². The van der Waals surface area contributed by atoms with Crippen LogP contribution in [0.1, 0.15) is 49.3 Å². The van der Waals surface area contributed by atoms with Crippen LogP contribution in [0.15, 0.2) is 60.8 Å². The van der Waals surface area contributed by atoms with Crippen molar-refractivity contribution in [2.75, 3.05) is 9.91 Å². The first kappa shape index (κ1) is 31.8. The topological polar surface area (TPSA) is 130 Å². The predicted molar refractivity (Wildman–Crippen MR) is 153 cm³/mol. The Labute approximate surface area is 259 Å². The van der Waals surface area contributed by atoms with Crippen LogP contribution in [-0.2, 0) is 9.59 Å². The minimum atomic E-state index is -2.89. The van der Waals surface area contributed by atoms with Crippen LogP contribution in [0, 0.1) is 27.9 Å². The van der Waals surface area contributed by atoms with Gasteiger partial charge < -0.3 is 10.4 Å². The molecule has 3 aromatic rings. The molecule has 2 amide bonds. The number of hydrazine groups is 1. The molecular weight excluding hydrogens is 620 g/mol. The van der Waals surface area contributed by atoms with Gasteiger partial charge in [-0.25, -0.2) is 27.4 Å². The van der Waals surface area contributed by atoms with Crippen LogP contribution in [0.5, 0.6) is 0 Å². The number of anilines is 2. The maximum atomic E-state index is 14.6. The van der Waals surface area contributed by atoms with Gasteiger partial charge in [-0.1, -0.05) is 34.8 Å². The number of benzene rings is 2. The maximum absolute atomic E-state index is 14.6. The van der Waals surface area contributed by atoms with E-state index in [4.69, 9.17) is 11.6 Å². The molecule has 0 bridgehead atoms. The Balaban J connectivity index is 1.63. The molecule has 1 aliphatic heterocycles. The number of nitrogens with zero attached hydrogens (tertiary/aromatic N) is 5. The summed E-state index contributed by atoms with van der Waals surface area (Å²) in [6.45, 7) is 0. The second-order valence-electron chi connectivity index (χ2n) is 10.8. The third kappa shape index (κ3) is 6.74. The molecule has 2 heterocycles. The van der Waals surface area contributed by atoms with Crippen LogP contribution in [0.3, 0.4) is 0 Å². The fourth-order valence-corrected chi connectivity index (χ4v) is 5.76. The number of aromatic nitrogens is 1. The quantitative estimate of drug-likeness (QED) is 0.202. The van der Waals surface area contributed by atoms with Crippen molar-refractivity contribution in [3.05, 3.63) is 93.5 Å². The summed E-state index contributed by atoms with van der Waals surface area (Å²) in [5.74, 6) is -7.11. The average Bonchev–Trinajstić information content (AvgIpc) is 3.30. The first-order chi connectivity index (χ1) is 21.4. The summed E-state index contributed by atoms with van der Waals surface area (Å²) < 4.78 is 57.0. The lowest BCUT2D eigenvalue weighted by Gasteiger charge is -2.32. The number of amides is 2. The molecule has 3 atom stereocenters. The summed E-state index contributed by atoms with van der Waals surface area (Å²) in [7, 11) is 0. The van der Waals surface area contributed by atoms with Crippen molar-refractivity contribution in [2.24, 2.45) is 0 Å². The molecule has 15 heteroatoms. The minimum absolute atomic E-state index is 0.00844. The fraction of sp³-hybridized carbons (Fsp3) is 0.333. The summed E-state index contributed by atoms with van der Waals surface area (Å²) >= 11 is 6.49. The smallest absolute Gasteiger partial charge is 0.319 e. The highest BCUT2D eigenvalue weighted by Gasteiger charge is 2.54. The third-order valence-electron chi connectivity index (χ3n) is 7.71. The van der Waals surface area contributed by atoms with E-state index in [9.17, 15) is 42.4 Å². The van der Waals surface area contributed by atoms with Crippen molar-refractivity contribution in [3.8, 4) is 6.07 Å². The highest BCUT2D eigenvalue weighted by atomic mass is 35.5. The largest absolute Gasteiger partial charge is 0.383 e. The molecule has 2 aliphatic rings. The zero-order valence-electron chi connectivity index (χ0n) is 23.4. The molecule has 1 aliphatic carbocycles. The predicted octanol–water partition coefficient (Wildman–Crippen LogP) is 4.94. The highest BCUT2D eigenvalue weighted by Crippen LogP contribution is 2.38. The standard InChI is InChI=1S/C30H25ClF4N6O4/c31-23-4-2-1-3-22(23)27(28(43)38-20-5-8-30(34,35)9-6-20)40(21-13-18(32)12-19(33)14-21)41(45)26-15-24(42)29(44)39(26)25-11-17(16-36)7-10-37-25/h1-4,7,10-14,20,24,26-27,42H,5-6,8-9,15H2/p+1/t24-,26-,27+/m1/s1. The Kier molecular flexibility index (Phi) is 9.03. The SMILES string of the molecule is N#Cc1ccnc(N2C(=O)[C@H](O)C[C@H]2[N+](=O)N(c2cc(F)cc(F)c2)[C@H](C(=O)NC2CCC(F)(F)CC2)c2ccccc2Cl)c1. The van der Waals surface area contributed by atoms with Crippen LogP contribution >= 0.6 is 11.6 Å². The number of halogens is 5. The number of hydrogen-bond donors (Lipinski definition) is 2. The number of carbonyl (C=O) groups excluding carboxylic acids is 2. The molecule has 1 saturated carbocycles. The lowest BCUT2D eigenvalue weighted by molar-refractivity contribution is -0.599. The number of rotatable bonds is 8. The number of aliphatic hydroxyl groups is 1. The summed E-state index contributed by atoms with van der Waals surface area (Å²) in [4.78, 5) is 46.7. The van der Waals surface area contributed by atoms with E-state index in [0.717, 1.165) is 17.0 Å². The van der Waals surface area contributed by atoms with Crippen molar-refractivity contribution < 1.29 is 37.1 Å². The first-order valence-corrected chi connectivity index (χ1v) is 14.3. The molecule has 2 fully saturated rings. The zero-order valence-corrected chi connectivity index (χ0v) is 24.2. The van der Waals surface area contributed by atoms with Crippen molar-refractivity contribution in [2.45, 2.75) is 62.4 Å². The zero-order chi connectivity index (χ0) is 32.5. The summed E-state index contributed by atoms with van der Waals surface area (Å²) in [6.07, 6.45) is -3.74. The number of carbonyl (C=O) groups is 2. The first-order valence-electron chi connectivity index (χ1n) is 13.9. The molecule has 0 unspecified atom stereocenters. The number of alkyl halides is 2. The van der Waals surface area contributed by atoms with Gasteiger partial charge in [0.05, 0.1) is 23.0 Å². The van der Waals surface area contributed by atoms with E-state index in [0.29, 0.717) is 11.1 Å². The Hall–Kier alpha value is -4.61. The number of aliphatic hydroxyl groups excluding tert-OH is 1. The van der Waals surface area contributed by atoms with Crippen molar-refractivity contribution in [1.29, 1.82) is 5.26 Å². The van der Waals surface area contributed by atoms with Gasteiger partial charge in [0.2, 0.25) is 5.92 Å². The van der Waals surface area contributed by atoms with E-state index < -0.39 is 78.7 Å². The van der Waals surface area contributed by atoms with E-state index in [2.05, 4.69) is 10.3 Å². The maximum Gasteiger partial charge on any atom is 0.319 e. The van der Waals surface area contributed by atoms with Gasteiger partial charge in [0.25, 0.3) is 11.8 Å². The summed E-state index contributed by atoms with van der Waals surface area (Å²) in [6, 6.07) is 10.0. The minimum Gasteiger partial charge on any atom is -0.383 e. The number of nitrogens with one attached hydrogen (secondary N) is 1. The molecule has 5 rings (SSSR count). The van der Waals surface area contributed by atoms with Gasteiger partial charge in [0.15, 0.2) is 6.04 Å². The lowest BCUT2D eigenvalue weighted by atomic mass is 9.91. The van der Waals surface area contributed by atoms with Gasteiger partial charge in [-0.05, 0) is 31.0 Å². The normalized spacial score (nSPS) is 20.4. The van der Waals surface area contributed by atoms with Crippen molar-refractivity contribution >= 4 is 34.9 Å². The summed E-state index contributed by atoms with van der Waals surface area (Å²) in [5, 5.41) is 23.3. The van der Waals surface area contributed by atoms with E-state index >= 15 is 0 Å². The van der Waals surface area contributed by atoms with Crippen molar-refractivity contribution in [1.82, 2.24) is 10.3 Å². The van der Waals surface area contributed by atoms with Gasteiger partial charge in [-0.15, -0.1) is 0 Å². The number of pyridine rings is 1. The Morgan fingerprint density at radius 1 is 1.16 bits per heavy atom. The van der Waals surface area contributed by atoms with Gasteiger partial charge >= 0.3 is 6.17 Å². The Morgan fingerprint density at radius 3 is 2.47 bits per heavy atom. The highest BCUT2D eigenvalue weighted by molar-refractivity contribution is 6.31. The van der Waals surface area contributed by atoms with Gasteiger partial charge in [0, 0.05) is 53.9 Å². The van der Waals surface area contributed by atoms with Crippen LogP contribution in [0.2, 0.25) is 5.02 Å². The molecule has 10 nitrogen and oxygen atoms in total. The van der Waals surface area contributed by atoms with Crippen molar-refractivity contribution in [3.63, 3.8) is 0 Å². The van der Waals surface area contributed by atoms with Crippen LogP contribution < -0.4 is 15.2 Å². The number of nitroso groups, excluding NO2 is 1. The number of hydrogen-bond acceptors (Lipinski definition) is 6. The van der Waals surface area contributed by atoms with Gasteiger partial charge in [-0.3, -0.25) is 9.59 Å². The molecule has 45 heavy (non-hydrogen) atoms. The van der Waals surface area contributed by atoms with Crippen LogP contribution in [0.25, 0.3) is 0 Å². The molecule has 2 aromatic carbocycles. The van der Waals surface area contributed by atoms with Gasteiger partial charge in [-0.2, -0.15) is 5.26 Å². The van der Waals surface area contributed by atoms with E-state index in [-0.39, 0.29) is 39.7 Å². The van der Waals surface area contributed by atoms with Gasteiger partial charge in [0.1, 0.15) is 34.1 Å². The molecule has 0 radical (unpaired) electrons. The monoisotopic (exact) mass is 645 g/mol. The Bertz CT molecular complexity index is 1660. The summed E-state index contributed by atoms with van der Waals surface area (Å²) in [5.41, 5.74) is -0.351. The molecule has 1 aromatic heterocycles. The molecule has 1 saturated heterocycles. The van der Waals surface area contributed by atoms with Crippen LogP contribution in [-0.4, -0.2) is 51.0 Å². The third-order valence-corrected chi connectivity index (χ3v) is 8.06. The lowest BCUT2D eigenvalue weighted by Crippen LogP contribution is -2.54. The molecular formula is C30H26ClF4N6O4+. The molecule has 0 spiro atoms. The average molecular weight is 646 g/mol. The molecule has 2 N–H and O–H groups in total.